The number of nitrogens with one attached hydrogen (secondary N) is 3. The minimum Gasteiger partial charge on any atom is -0.469 e. The van der Waals surface area contributed by atoms with Gasteiger partial charge in [0.05, 0.1) is 23.1 Å². The van der Waals surface area contributed by atoms with E-state index in [1.807, 2.05) is 6.92 Å². The highest BCUT2D eigenvalue weighted by Crippen LogP contribution is 2.73. The maximum absolute atomic E-state index is 11.8. The molecular weight excluding hydrogens is 350 g/mol. The van der Waals surface area contributed by atoms with Gasteiger partial charge >= 0.3 is 5.97 Å². The van der Waals surface area contributed by atoms with Gasteiger partial charge in [-0.1, -0.05) is 11.8 Å². The summed E-state index contributed by atoms with van der Waals surface area (Å²) in [5.41, 5.74) is 2.57. The number of hydrogen-bond donors (Lipinski definition) is 3. The summed E-state index contributed by atoms with van der Waals surface area (Å²) >= 11 is 1.34. The molecule has 7 nitrogen and oxygen atoms in total. The van der Waals surface area contributed by atoms with Crippen LogP contribution in [-0.4, -0.2) is 40.3 Å². The van der Waals surface area contributed by atoms with Crippen molar-refractivity contribution in [2.75, 3.05) is 19.0 Å². The SMILES string of the molecule is COC(=O)C12CC(CNc3ncnc4c3SC(=N)/C4=C(/C)C(C)=N)(C1)C2. The van der Waals surface area contributed by atoms with Gasteiger partial charge in [0.15, 0.2) is 0 Å². The van der Waals surface area contributed by atoms with Gasteiger partial charge in [-0.15, -0.1) is 0 Å². The summed E-state index contributed by atoms with van der Waals surface area (Å²) in [6.07, 6.45) is 4.11. The van der Waals surface area contributed by atoms with E-state index >= 15 is 0 Å². The molecule has 0 saturated heterocycles. The number of hydrogen-bond acceptors (Lipinski definition) is 8. The molecule has 2 heterocycles. The van der Waals surface area contributed by atoms with Crippen molar-refractivity contribution in [1.29, 1.82) is 10.8 Å². The molecule has 4 aliphatic rings. The molecular formula is C18H21N5O2S. The molecule has 0 aromatic carbocycles. The van der Waals surface area contributed by atoms with Crippen LogP contribution in [0.25, 0.3) is 5.57 Å². The molecule has 2 bridgehead atoms. The first kappa shape index (κ1) is 17.2. The first-order valence-electron chi connectivity index (χ1n) is 8.52. The second-order valence-electron chi connectivity index (χ2n) is 7.61. The summed E-state index contributed by atoms with van der Waals surface area (Å²) in [7, 11) is 1.45. The summed E-state index contributed by atoms with van der Waals surface area (Å²) < 4.78 is 4.90. The zero-order valence-corrected chi connectivity index (χ0v) is 15.8. The lowest BCUT2D eigenvalue weighted by Crippen LogP contribution is -2.67. The van der Waals surface area contributed by atoms with E-state index in [0.29, 0.717) is 10.8 Å². The van der Waals surface area contributed by atoms with Gasteiger partial charge in [-0.05, 0) is 44.1 Å². The third kappa shape index (κ3) is 2.31. The Morgan fingerprint density at radius 2 is 2.04 bits per heavy atom. The van der Waals surface area contributed by atoms with E-state index in [4.69, 9.17) is 15.6 Å². The Morgan fingerprint density at radius 1 is 1.35 bits per heavy atom. The van der Waals surface area contributed by atoms with E-state index in [-0.39, 0.29) is 16.8 Å². The van der Waals surface area contributed by atoms with E-state index < -0.39 is 0 Å². The number of nitrogens with zero attached hydrogens (tertiary/aromatic N) is 2. The van der Waals surface area contributed by atoms with E-state index in [0.717, 1.165) is 53.4 Å². The summed E-state index contributed by atoms with van der Waals surface area (Å²) in [6, 6.07) is 0. The highest BCUT2D eigenvalue weighted by atomic mass is 32.2. The van der Waals surface area contributed by atoms with Crippen molar-refractivity contribution in [3.05, 3.63) is 17.6 Å². The molecule has 1 aromatic heterocycles. The number of carbonyl (C=O) groups excluding carboxylic acids is 1. The number of rotatable bonds is 5. The average Bonchev–Trinajstić information content (AvgIpc) is 2.87. The Kier molecular flexibility index (Phi) is 3.73. The molecule has 3 N–H and O–H groups in total. The maximum atomic E-state index is 11.8. The van der Waals surface area contributed by atoms with Gasteiger partial charge in [-0.3, -0.25) is 10.2 Å². The highest BCUT2D eigenvalue weighted by molar-refractivity contribution is 8.15. The number of carbonyl (C=O) groups is 1. The average molecular weight is 371 g/mol. The zero-order valence-electron chi connectivity index (χ0n) is 15.0. The quantitative estimate of drug-likeness (QED) is 0.541. The zero-order chi connectivity index (χ0) is 18.7. The number of anilines is 1. The van der Waals surface area contributed by atoms with E-state index in [1.165, 1.54) is 25.2 Å². The largest absolute Gasteiger partial charge is 0.469 e. The van der Waals surface area contributed by atoms with Crippen LogP contribution in [0.1, 0.15) is 38.8 Å². The molecule has 1 aliphatic heterocycles. The van der Waals surface area contributed by atoms with Crippen LogP contribution in [0.2, 0.25) is 0 Å². The predicted molar refractivity (Wildman–Crippen MR) is 101 cm³/mol. The van der Waals surface area contributed by atoms with Gasteiger partial charge < -0.3 is 15.5 Å². The van der Waals surface area contributed by atoms with Crippen LogP contribution in [-0.2, 0) is 9.53 Å². The summed E-state index contributed by atoms with van der Waals surface area (Å²) in [5.74, 6) is 0.644. The molecule has 3 fully saturated rings. The lowest BCUT2D eigenvalue weighted by Gasteiger charge is -2.68. The van der Waals surface area contributed by atoms with Crippen LogP contribution < -0.4 is 5.32 Å². The van der Waals surface area contributed by atoms with Gasteiger partial charge in [-0.2, -0.15) is 0 Å². The number of thioether (sulfide) groups is 1. The Bertz CT molecular complexity index is 872. The minimum atomic E-state index is -0.241. The maximum Gasteiger partial charge on any atom is 0.311 e. The standard InChI is InChI=1S/C18H21N5O2S/c1-9(10(2)19)11-12-13(26-14(11)20)15(23-8-22-12)21-7-17-4-18(5-17,6-17)16(24)25-3/h8,19-20H,4-7H2,1-3H3,(H,21,22,23)/b11-9-,19-10?,20-14?. The Labute approximate surface area is 156 Å². The smallest absolute Gasteiger partial charge is 0.311 e. The molecule has 5 rings (SSSR count). The third-order valence-electron chi connectivity index (χ3n) is 5.80. The van der Waals surface area contributed by atoms with Crippen LogP contribution in [0.5, 0.6) is 0 Å². The molecule has 26 heavy (non-hydrogen) atoms. The normalized spacial score (nSPS) is 30.0. The Balaban J connectivity index is 1.52. The number of methoxy groups -OCH3 is 1. The number of esters is 1. The van der Waals surface area contributed by atoms with Gasteiger partial charge in [0.2, 0.25) is 0 Å². The monoisotopic (exact) mass is 371 g/mol. The van der Waals surface area contributed by atoms with E-state index in [1.54, 1.807) is 6.92 Å². The first-order chi connectivity index (χ1) is 12.3. The number of aromatic nitrogens is 2. The van der Waals surface area contributed by atoms with Crippen molar-refractivity contribution in [3.8, 4) is 0 Å². The fraction of sp³-hybridized carbons (Fsp3) is 0.500. The summed E-state index contributed by atoms with van der Waals surface area (Å²) in [5, 5.41) is 20.0. The highest BCUT2D eigenvalue weighted by Gasteiger charge is 2.71. The number of ether oxygens (including phenoxy) is 1. The van der Waals surface area contributed by atoms with Crippen molar-refractivity contribution in [2.24, 2.45) is 10.8 Å². The summed E-state index contributed by atoms with van der Waals surface area (Å²) in [4.78, 5) is 21.4. The van der Waals surface area contributed by atoms with E-state index in [9.17, 15) is 4.79 Å². The van der Waals surface area contributed by atoms with Crippen molar-refractivity contribution in [3.63, 3.8) is 0 Å². The fourth-order valence-electron chi connectivity index (χ4n) is 4.46. The second-order valence-corrected chi connectivity index (χ2v) is 8.63. The Morgan fingerprint density at radius 3 is 2.65 bits per heavy atom. The van der Waals surface area contributed by atoms with Crippen LogP contribution in [0.15, 0.2) is 16.8 Å². The van der Waals surface area contributed by atoms with Gasteiger partial charge in [0.25, 0.3) is 0 Å². The third-order valence-corrected chi connectivity index (χ3v) is 6.80. The summed E-state index contributed by atoms with van der Waals surface area (Å²) in [6.45, 7) is 4.33. The van der Waals surface area contributed by atoms with Gasteiger partial charge in [0.1, 0.15) is 17.2 Å². The predicted octanol–water partition coefficient (Wildman–Crippen LogP) is 3.13. The first-order valence-corrected chi connectivity index (χ1v) is 9.33. The van der Waals surface area contributed by atoms with Crippen LogP contribution in [0, 0.1) is 21.6 Å². The van der Waals surface area contributed by atoms with Crippen LogP contribution in [0.4, 0.5) is 5.82 Å². The Hall–Kier alpha value is -2.22. The van der Waals surface area contributed by atoms with Crippen molar-refractivity contribution in [2.45, 2.75) is 38.0 Å². The number of allylic oxidation sites excluding steroid dienone is 1. The van der Waals surface area contributed by atoms with E-state index in [2.05, 4.69) is 15.3 Å². The van der Waals surface area contributed by atoms with Crippen molar-refractivity contribution >= 4 is 39.9 Å². The lowest BCUT2D eigenvalue weighted by molar-refractivity contribution is -0.220. The fourth-order valence-corrected chi connectivity index (χ4v) is 5.49. The van der Waals surface area contributed by atoms with Crippen LogP contribution >= 0.6 is 11.8 Å². The van der Waals surface area contributed by atoms with Gasteiger partial charge in [-0.25, -0.2) is 9.97 Å². The molecule has 136 valence electrons. The number of fused-ring (bicyclic) bond motifs is 1. The van der Waals surface area contributed by atoms with Crippen LogP contribution in [0.3, 0.4) is 0 Å². The topological polar surface area (TPSA) is 112 Å². The molecule has 1 aromatic rings. The molecule has 0 unspecified atom stereocenters. The second kappa shape index (κ2) is 5.64. The molecule has 3 aliphatic carbocycles. The molecule has 8 heteroatoms. The molecule has 0 atom stereocenters. The lowest BCUT2D eigenvalue weighted by atomic mass is 9.35. The minimum absolute atomic E-state index is 0.0847. The molecule has 0 amide bonds. The van der Waals surface area contributed by atoms with Crippen molar-refractivity contribution in [1.82, 2.24) is 9.97 Å². The van der Waals surface area contributed by atoms with Gasteiger partial charge in [0, 0.05) is 17.8 Å². The molecule has 3 saturated carbocycles. The molecule has 0 radical (unpaired) electrons. The van der Waals surface area contributed by atoms with Crippen molar-refractivity contribution < 1.29 is 9.53 Å². The molecule has 0 spiro atoms.